The molecule has 21 heavy (non-hydrogen) atoms. The summed E-state index contributed by atoms with van der Waals surface area (Å²) in [7, 11) is 0. The molecule has 1 N–H and O–H groups in total. The second-order valence-electron chi connectivity index (χ2n) is 4.56. The van der Waals surface area contributed by atoms with Crippen molar-refractivity contribution < 1.29 is 14.7 Å². The summed E-state index contributed by atoms with van der Waals surface area (Å²) in [5.74, 6) is -0.667. The minimum atomic E-state index is -1.35. The fraction of sp³-hybridized carbons (Fsp3) is 0.176. The van der Waals surface area contributed by atoms with Gasteiger partial charge in [-0.1, -0.05) is 60.7 Å². The number of carbonyl (C=O) groups is 2. The van der Waals surface area contributed by atoms with E-state index in [2.05, 4.69) is 0 Å². The van der Waals surface area contributed by atoms with Gasteiger partial charge in [-0.05, 0) is 6.26 Å². The Balaban J connectivity index is 2.21. The van der Waals surface area contributed by atoms with Gasteiger partial charge in [0.2, 0.25) is 0 Å². The van der Waals surface area contributed by atoms with Crippen molar-refractivity contribution in [3.63, 3.8) is 0 Å². The average Bonchev–Trinajstić information content (AvgIpc) is 2.56. The van der Waals surface area contributed by atoms with Crippen LogP contribution >= 0.6 is 11.8 Å². The zero-order chi connectivity index (χ0) is 15.2. The molecular weight excluding hydrogens is 284 g/mol. The number of aliphatic hydroxyl groups excluding tert-OH is 1. The van der Waals surface area contributed by atoms with Gasteiger partial charge in [-0.15, -0.1) is 0 Å². The van der Waals surface area contributed by atoms with Crippen molar-refractivity contribution in [2.24, 2.45) is 0 Å². The van der Waals surface area contributed by atoms with Gasteiger partial charge in [0.1, 0.15) is 11.4 Å². The van der Waals surface area contributed by atoms with E-state index in [1.165, 1.54) is 11.8 Å². The van der Waals surface area contributed by atoms with Crippen molar-refractivity contribution in [3.05, 3.63) is 71.8 Å². The van der Waals surface area contributed by atoms with E-state index in [4.69, 9.17) is 0 Å². The summed E-state index contributed by atoms with van der Waals surface area (Å²) < 4.78 is 0. The highest BCUT2D eigenvalue weighted by Crippen LogP contribution is 2.20. The van der Waals surface area contributed by atoms with Crippen LogP contribution in [-0.2, 0) is 0 Å². The van der Waals surface area contributed by atoms with E-state index in [0.29, 0.717) is 11.1 Å². The molecule has 2 rings (SSSR count). The van der Waals surface area contributed by atoms with Crippen LogP contribution in [0.1, 0.15) is 20.7 Å². The van der Waals surface area contributed by atoms with Crippen LogP contribution in [0.4, 0.5) is 0 Å². The monoisotopic (exact) mass is 300 g/mol. The molecule has 0 aromatic heterocycles. The Morgan fingerprint density at radius 1 is 0.857 bits per heavy atom. The van der Waals surface area contributed by atoms with Gasteiger partial charge in [0.05, 0.1) is 0 Å². The molecule has 0 spiro atoms. The van der Waals surface area contributed by atoms with Crippen LogP contribution in [0, 0.1) is 0 Å². The number of hydrogen-bond donors (Lipinski definition) is 1. The van der Waals surface area contributed by atoms with Crippen LogP contribution in [0.3, 0.4) is 0 Å². The van der Waals surface area contributed by atoms with Crippen molar-refractivity contribution >= 4 is 23.3 Å². The summed E-state index contributed by atoms with van der Waals surface area (Å²) in [5.41, 5.74) is 0.904. The lowest BCUT2D eigenvalue weighted by molar-refractivity contribution is 0.0695. The third kappa shape index (κ3) is 3.60. The molecule has 0 radical (unpaired) electrons. The molecule has 0 amide bonds. The first-order chi connectivity index (χ1) is 10.1. The third-order valence-corrected chi connectivity index (χ3v) is 4.16. The van der Waals surface area contributed by atoms with Crippen molar-refractivity contribution in [2.45, 2.75) is 11.4 Å². The van der Waals surface area contributed by atoms with E-state index in [0.717, 1.165) is 0 Å². The lowest BCUT2D eigenvalue weighted by atomic mass is 9.98. The molecule has 4 heteroatoms. The van der Waals surface area contributed by atoms with Crippen LogP contribution in [-0.4, -0.2) is 34.3 Å². The normalized spacial score (nSPS) is 13.4. The highest BCUT2D eigenvalue weighted by Gasteiger charge is 2.32. The van der Waals surface area contributed by atoms with Gasteiger partial charge in [0.25, 0.3) is 0 Å². The Morgan fingerprint density at radius 3 is 1.71 bits per heavy atom. The van der Waals surface area contributed by atoms with E-state index >= 15 is 0 Å². The van der Waals surface area contributed by atoms with Gasteiger partial charge in [0.15, 0.2) is 11.6 Å². The molecule has 108 valence electrons. The number of carbonyl (C=O) groups excluding carboxylic acids is 2. The number of rotatable bonds is 6. The Morgan fingerprint density at radius 2 is 1.29 bits per heavy atom. The maximum atomic E-state index is 12.4. The lowest BCUT2D eigenvalue weighted by Crippen LogP contribution is -2.37. The molecule has 2 aromatic carbocycles. The summed E-state index contributed by atoms with van der Waals surface area (Å²) in [6.45, 7) is 0. The largest absolute Gasteiger partial charge is 0.383 e. The minimum absolute atomic E-state index is 0.236. The molecule has 0 saturated carbocycles. The highest BCUT2D eigenvalue weighted by molar-refractivity contribution is 8.00. The molecule has 2 atom stereocenters. The van der Waals surface area contributed by atoms with Crippen LogP contribution in [0.2, 0.25) is 0 Å². The molecule has 0 aliphatic carbocycles. The van der Waals surface area contributed by atoms with Crippen LogP contribution in [0.25, 0.3) is 0 Å². The molecular formula is C17H16O3S. The maximum absolute atomic E-state index is 12.4. The first kappa shape index (κ1) is 15.5. The first-order valence-corrected chi connectivity index (χ1v) is 7.83. The molecule has 0 aliphatic heterocycles. The van der Waals surface area contributed by atoms with Gasteiger partial charge in [0, 0.05) is 11.1 Å². The minimum Gasteiger partial charge on any atom is -0.383 e. The van der Waals surface area contributed by atoms with Crippen LogP contribution < -0.4 is 0 Å². The molecule has 0 aliphatic rings. The molecule has 0 bridgehead atoms. The Bertz CT molecular complexity index is 610. The number of Topliss-reactive ketones (excluding diaryl/α,β-unsaturated/α-hetero) is 2. The number of benzene rings is 2. The summed E-state index contributed by atoms with van der Waals surface area (Å²) in [4.78, 5) is 24.7. The van der Waals surface area contributed by atoms with Crippen molar-refractivity contribution in [3.8, 4) is 0 Å². The Kier molecular flexibility index (Phi) is 5.31. The number of aliphatic hydroxyl groups is 1. The fourth-order valence-corrected chi connectivity index (χ4v) is 2.79. The predicted molar refractivity (Wildman–Crippen MR) is 84.9 cm³/mol. The van der Waals surface area contributed by atoms with Gasteiger partial charge in [-0.25, -0.2) is 0 Å². The lowest BCUT2D eigenvalue weighted by Gasteiger charge is -2.19. The zero-order valence-corrected chi connectivity index (χ0v) is 12.4. The van der Waals surface area contributed by atoms with Crippen LogP contribution in [0.5, 0.6) is 0 Å². The number of thioether (sulfide) groups is 1. The molecule has 3 nitrogen and oxygen atoms in total. The SMILES string of the molecule is CSC(C(=O)c1ccccc1)C(O)C(=O)c1ccccc1. The summed E-state index contributed by atoms with van der Waals surface area (Å²) >= 11 is 1.18. The van der Waals surface area contributed by atoms with Gasteiger partial charge in [-0.3, -0.25) is 9.59 Å². The third-order valence-electron chi connectivity index (χ3n) is 3.18. The quantitative estimate of drug-likeness (QED) is 0.834. The second-order valence-corrected chi connectivity index (χ2v) is 5.54. The summed E-state index contributed by atoms with van der Waals surface area (Å²) in [6.07, 6.45) is 0.364. The topological polar surface area (TPSA) is 54.4 Å². The Hall–Kier alpha value is -1.91. The Labute approximate surface area is 128 Å². The van der Waals surface area contributed by atoms with Gasteiger partial charge >= 0.3 is 0 Å². The molecule has 0 heterocycles. The van der Waals surface area contributed by atoms with Crippen molar-refractivity contribution in [1.29, 1.82) is 0 Å². The number of hydrogen-bond acceptors (Lipinski definition) is 4. The van der Waals surface area contributed by atoms with Gasteiger partial charge in [-0.2, -0.15) is 11.8 Å². The van der Waals surface area contributed by atoms with Crippen LogP contribution in [0.15, 0.2) is 60.7 Å². The van der Waals surface area contributed by atoms with E-state index < -0.39 is 17.1 Å². The standard InChI is InChI=1S/C17H16O3S/c1-21-17(15(19)13-10-6-3-7-11-13)16(20)14(18)12-8-4-2-5-9-12/h2-11,16-17,20H,1H3. The average molecular weight is 300 g/mol. The maximum Gasteiger partial charge on any atom is 0.192 e. The predicted octanol–water partition coefficient (Wildman–Crippen LogP) is 2.84. The van der Waals surface area contributed by atoms with Gasteiger partial charge < -0.3 is 5.11 Å². The fourth-order valence-electron chi connectivity index (χ4n) is 2.06. The summed E-state index contributed by atoms with van der Waals surface area (Å²) in [6, 6.07) is 17.2. The number of ketones is 2. The molecule has 2 aromatic rings. The van der Waals surface area contributed by atoms with E-state index in [1.807, 2.05) is 6.07 Å². The van der Waals surface area contributed by atoms with Crippen molar-refractivity contribution in [2.75, 3.05) is 6.26 Å². The second kappa shape index (κ2) is 7.20. The smallest absolute Gasteiger partial charge is 0.192 e. The molecule has 0 fully saturated rings. The summed E-state index contributed by atoms with van der Waals surface area (Å²) in [5, 5.41) is 9.47. The van der Waals surface area contributed by atoms with E-state index in [-0.39, 0.29) is 5.78 Å². The molecule has 2 unspecified atom stereocenters. The van der Waals surface area contributed by atoms with E-state index in [9.17, 15) is 14.7 Å². The highest BCUT2D eigenvalue weighted by atomic mass is 32.2. The van der Waals surface area contributed by atoms with Crippen molar-refractivity contribution in [1.82, 2.24) is 0 Å². The zero-order valence-electron chi connectivity index (χ0n) is 11.6. The first-order valence-electron chi connectivity index (χ1n) is 6.54. The molecule has 0 saturated heterocycles. The van der Waals surface area contributed by atoms with E-state index in [1.54, 1.807) is 60.9 Å².